The molecular formula is C16H23N3O3. The van der Waals surface area contributed by atoms with E-state index in [0.717, 1.165) is 6.42 Å². The molecular weight excluding hydrogens is 282 g/mol. The molecule has 2 N–H and O–H groups in total. The molecule has 6 heteroatoms. The molecule has 0 saturated heterocycles. The second-order valence-corrected chi connectivity index (χ2v) is 5.17. The summed E-state index contributed by atoms with van der Waals surface area (Å²) in [6, 6.07) is 6.85. The Morgan fingerprint density at radius 1 is 1.09 bits per heavy atom. The zero-order valence-electron chi connectivity index (χ0n) is 13.3. The van der Waals surface area contributed by atoms with Gasteiger partial charge in [0.25, 0.3) is 0 Å². The highest BCUT2D eigenvalue weighted by atomic mass is 16.2. The lowest BCUT2D eigenvalue weighted by atomic mass is 10.1. The molecule has 0 radical (unpaired) electrons. The van der Waals surface area contributed by atoms with Crippen molar-refractivity contribution >= 4 is 23.3 Å². The summed E-state index contributed by atoms with van der Waals surface area (Å²) in [5.74, 6) is -0.482. The molecule has 0 heterocycles. The van der Waals surface area contributed by atoms with E-state index in [1.807, 2.05) is 6.92 Å². The molecule has 0 aliphatic carbocycles. The minimum absolute atomic E-state index is 0.0752. The van der Waals surface area contributed by atoms with E-state index >= 15 is 0 Å². The number of amides is 2. The predicted molar refractivity (Wildman–Crippen MR) is 85.9 cm³/mol. The van der Waals surface area contributed by atoms with Crippen LogP contribution in [0.25, 0.3) is 0 Å². The second kappa shape index (κ2) is 8.94. The van der Waals surface area contributed by atoms with Crippen LogP contribution in [0.4, 0.5) is 5.69 Å². The Bertz CT molecular complexity index is 543. The Labute approximate surface area is 130 Å². The molecule has 0 unspecified atom stereocenters. The van der Waals surface area contributed by atoms with Crippen LogP contribution in [-0.4, -0.2) is 49.2 Å². The Morgan fingerprint density at radius 3 is 2.36 bits per heavy atom. The van der Waals surface area contributed by atoms with Crippen molar-refractivity contribution in [1.82, 2.24) is 10.2 Å². The number of nitrogens with zero attached hydrogens (tertiary/aromatic N) is 1. The summed E-state index contributed by atoms with van der Waals surface area (Å²) in [6.07, 6.45) is 0.873. The van der Waals surface area contributed by atoms with E-state index in [1.54, 1.807) is 36.2 Å². The Hall–Kier alpha value is -2.21. The van der Waals surface area contributed by atoms with E-state index in [-0.39, 0.29) is 30.7 Å². The predicted octanol–water partition coefficient (Wildman–Crippen LogP) is 1.29. The molecule has 0 bridgehead atoms. The SMILES string of the molecule is CCCNC(=O)CN(C)CC(=O)Nc1ccccc1C(C)=O. The van der Waals surface area contributed by atoms with Crippen LogP contribution < -0.4 is 10.6 Å². The summed E-state index contributed by atoms with van der Waals surface area (Å²) < 4.78 is 0. The van der Waals surface area contributed by atoms with E-state index in [4.69, 9.17) is 0 Å². The average Bonchev–Trinajstić information content (AvgIpc) is 2.45. The molecule has 120 valence electrons. The van der Waals surface area contributed by atoms with Gasteiger partial charge in [0.05, 0.1) is 18.8 Å². The van der Waals surface area contributed by atoms with Gasteiger partial charge in [0.1, 0.15) is 0 Å². The second-order valence-electron chi connectivity index (χ2n) is 5.17. The van der Waals surface area contributed by atoms with Crippen molar-refractivity contribution in [2.24, 2.45) is 0 Å². The van der Waals surface area contributed by atoms with Crippen LogP contribution in [0.15, 0.2) is 24.3 Å². The first kappa shape index (κ1) is 17.8. The van der Waals surface area contributed by atoms with Crippen molar-refractivity contribution in [2.75, 3.05) is 32.0 Å². The molecule has 0 aliphatic rings. The van der Waals surface area contributed by atoms with Crippen LogP contribution >= 0.6 is 0 Å². The number of hydrogen-bond donors (Lipinski definition) is 2. The van der Waals surface area contributed by atoms with Crippen LogP contribution in [0.3, 0.4) is 0 Å². The monoisotopic (exact) mass is 305 g/mol. The first-order valence-corrected chi connectivity index (χ1v) is 7.29. The fourth-order valence-electron chi connectivity index (χ4n) is 1.96. The largest absolute Gasteiger partial charge is 0.355 e. The van der Waals surface area contributed by atoms with Crippen molar-refractivity contribution in [3.8, 4) is 0 Å². The third kappa shape index (κ3) is 6.05. The van der Waals surface area contributed by atoms with Crippen LogP contribution in [0, 0.1) is 0 Å². The molecule has 0 aliphatic heterocycles. The number of likely N-dealkylation sites (N-methyl/N-ethyl adjacent to an activating group) is 1. The van der Waals surface area contributed by atoms with Gasteiger partial charge in [0.15, 0.2) is 5.78 Å². The number of rotatable bonds is 8. The lowest BCUT2D eigenvalue weighted by molar-refractivity contribution is -0.122. The lowest BCUT2D eigenvalue weighted by Crippen LogP contribution is -2.39. The van der Waals surface area contributed by atoms with Crippen LogP contribution in [0.1, 0.15) is 30.6 Å². The first-order chi connectivity index (χ1) is 10.4. The van der Waals surface area contributed by atoms with Crippen LogP contribution in [0.5, 0.6) is 0 Å². The van der Waals surface area contributed by atoms with Gasteiger partial charge < -0.3 is 10.6 Å². The number of Topliss-reactive ketones (excluding diaryl/α,β-unsaturated/α-hetero) is 1. The maximum Gasteiger partial charge on any atom is 0.238 e. The summed E-state index contributed by atoms with van der Waals surface area (Å²) in [4.78, 5) is 36.7. The fraction of sp³-hybridized carbons (Fsp3) is 0.438. The Balaban J connectivity index is 2.53. The van der Waals surface area contributed by atoms with Crippen molar-refractivity contribution in [1.29, 1.82) is 0 Å². The number of carbonyl (C=O) groups excluding carboxylic acids is 3. The highest BCUT2D eigenvalue weighted by molar-refractivity contribution is 6.04. The molecule has 2 amide bonds. The molecule has 0 saturated carbocycles. The van der Waals surface area contributed by atoms with E-state index in [1.165, 1.54) is 6.92 Å². The lowest BCUT2D eigenvalue weighted by Gasteiger charge is -2.16. The third-order valence-electron chi connectivity index (χ3n) is 2.98. The maximum atomic E-state index is 12.0. The Kier molecular flexibility index (Phi) is 7.25. The van der Waals surface area contributed by atoms with Crippen molar-refractivity contribution in [2.45, 2.75) is 20.3 Å². The van der Waals surface area contributed by atoms with Gasteiger partial charge in [-0.2, -0.15) is 0 Å². The number of anilines is 1. The topological polar surface area (TPSA) is 78.5 Å². The van der Waals surface area contributed by atoms with Gasteiger partial charge in [-0.25, -0.2) is 0 Å². The van der Waals surface area contributed by atoms with Gasteiger partial charge in [-0.3, -0.25) is 19.3 Å². The molecule has 1 rings (SSSR count). The van der Waals surface area contributed by atoms with Gasteiger partial charge in [0.2, 0.25) is 11.8 Å². The molecule has 0 spiro atoms. The smallest absolute Gasteiger partial charge is 0.238 e. The van der Waals surface area contributed by atoms with Gasteiger partial charge in [-0.15, -0.1) is 0 Å². The summed E-state index contributed by atoms with van der Waals surface area (Å²) >= 11 is 0. The third-order valence-corrected chi connectivity index (χ3v) is 2.98. The minimum atomic E-state index is -0.264. The van der Waals surface area contributed by atoms with Crippen LogP contribution in [-0.2, 0) is 9.59 Å². The molecule has 0 fully saturated rings. The Morgan fingerprint density at radius 2 is 1.73 bits per heavy atom. The maximum absolute atomic E-state index is 12.0. The van der Waals surface area contributed by atoms with Crippen LogP contribution in [0.2, 0.25) is 0 Å². The molecule has 6 nitrogen and oxygen atoms in total. The van der Waals surface area contributed by atoms with Gasteiger partial charge in [-0.1, -0.05) is 19.1 Å². The number of para-hydroxylation sites is 1. The fourth-order valence-corrected chi connectivity index (χ4v) is 1.96. The van der Waals surface area contributed by atoms with Crippen molar-refractivity contribution < 1.29 is 14.4 Å². The summed E-state index contributed by atoms with van der Waals surface area (Å²) in [6.45, 7) is 4.29. The van der Waals surface area contributed by atoms with Gasteiger partial charge in [0, 0.05) is 12.1 Å². The van der Waals surface area contributed by atoms with E-state index in [2.05, 4.69) is 10.6 Å². The van der Waals surface area contributed by atoms with E-state index in [0.29, 0.717) is 17.8 Å². The molecule has 0 atom stereocenters. The summed E-state index contributed by atoms with van der Waals surface area (Å²) in [7, 11) is 1.70. The minimum Gasteiger partial charge on any atom is -0.355 e. The number of hydrogen-bond acceptors (Lipinski definition) is 4. The molecule has 1 aromatic rings. The zero-order valence-corrected chi connectivity index (χ0v) is 13.3. The number of benzene rings is 1. The quantitative estimate of drug-likeness (QED) is 0.709. The van der Waals surface area contributed by atoms with Gasteiger partial charge in [-0.05, 0) is 32.5 Å². The van der Waals surface area contributed by atoms with Crippen molar-refractivity contribution in [3.05, 3.63) is 29.8 Å². The zero-order chi connectivity index (χ0) is 16.5. The molecule has 1 aromatic carbocycles. The van der Waals surface area contributed by atoms with Gasteiger partial charge >= 0.3 is 0 Å². The highest BCUT2D eigenvalue weighted by Crippen LogP contribution is 2.15. The highest BCUT2D eigenvalue weighted by Gasteiger charge is 2.13. The standard InChI is InChI=1S/C16H23N3O3/c1-4-9-17-15(21)10-19(3)11-16(22)18-14-8-6-5-7-13(14)12(2)20/h5-8H,4,9-11H2,1-3H3,(H,17,21)(H,18,22). The first-order valence-electron chi connectivity index (χ1n) is 7.29. The summed E-state index contributed by atoms with van der Waals surface area (Å²) in [5.41, 5.74) is 0.961. The number of carbonyl (C=O) groups is 3. The number of nitrogens with one attached hydrogen (secondary N) is 2. The van der Waals surface area contributed by atoms with E-state index < -0.39 is 0 Å². The normalized spacial score (nSPS) is 10.4. The molecule has 0 aromatic heterocycles. The van der Waals surface area contributed by atoms with E-state index in [9.17, 15) is 14.4 Å². The average molecular weight is 305 g/mol. The number of ketones is 1. The summed E-state index contributed by atoms with van der Waals surface area (Å²) in [5, 5.41) is 5.46. The van der Waals surface area contributed by atoms with Crippen molar-refractivity contribution in [3.63, 3.8) is 0 Å². The molecule has 22 heavy (non-hydrogen) atoms.